The number of Topliss-reactive ketones (excluding diaryl/α,β-unsaturated/α-hetero) is 1. The smallest absolute Gasteiger partial charge is 0.165 e. The highest BCUT2D eigenvalue weighted by molar-refractivity contribution is 5.96. The first kappa shape index (κ1) is 16.5. The lowest BCUT2D eigenvalue weighted by molar-refractivity contribution is 0.0938. The van der Waals surface area contributed by atoms with E-state index < -0.39 is 5.54 Å². The Morgan fingerprint density at radius 3 is 2.46 bits per heavy atom. The summed E-state index contributed by atoms with van der Waals surface area (Å²) in [4.78, 5) is 12.7. The predicted octanol–water partition coefficient (Wildman–Crippen LogP) is 3.34. The van der Waals surface area contributed by atoms with Gasteiger partial charge >= 0.3 is 0 Å². The van der Waals surface area contributed by atoms with Gasteiger partial charge in [-0.1, -0.05) is 30.3 Å². The molecule has 2 aromatic rings. The van der Waals surface area contributed by atoms with Crippen molar-refractivity contribution in [1.29, 1.82) is 0 Å². The van der Waals surface area contributed by atoms with Crippen LogP contribution < -0.4 is 14.8 Å². The molecule has 1 heterocycles. The number of methoxy groups -OCH3 is 2. The summed E-state index contributed by atoms with van der Waals surface area (Å²) in [7, 11) is 3.27. The minimum Gasteiger partial charge on any atom is -0.493 e. The van der Waals surface area contributed by atoms with Crippen molar-refractivity contribution in [2.24, 2.45) is 0 Å². The van der Waals surface area contributed by atoms with Crippen LogP contribution in [0.2, 0.25) is 0 Å². The lowest BCUT2D eigenvalue weighted by Gasteiger charge is -2.37. The Balaban J connectivity index is 1.96. The number of hydrogen-bond donors (Lipinski definition) is 1. The molecule has 0 fully saturated rings. The van der Waals surface area contributed by atoms with E-state index >= 15 is 0 Å². The summed E-state index contributed by atoms with van der Waals surface area (Å²) in [6, 6.07) is 13.5. The summed E-state index contributed by atoms with van der Waals surface area (Å²) in [5, 5.41) is 3.52. The van der Waals surface area contributed by atoms with Crippen molar-refractivity contribution in [3.05, 3.63) is 59.2 Å². The van der Waals surface area contributed by atoms with Crippen molar-refractivity contribution in [3.8, 4) is 11.5 Å². The minimum atomic E-state index is -0.417. The first-order chi connectivity index (χ1) is 11.6. The number of rotatable bonds is 5. The Morgan fingerprint density at radius 2 is 1.79 bits per heavy atom. The highest BCUT2D eigenvalue weighted by Gasteiger charge is 2.35. The van der Waals surface area contributed by atoms with Crippen LogP contribution in [-0.4, -0.2) is 26.5 Å². The summed E-state index contributed by atoms with van der Waals surface area (Å²) >= 11 is 0. The molecule has 0 saturated heterocycles. The summed E-state index contributed by atoms with van der Waals surface area (Å²) in [6.45, 7) is 2.92. The third kappa shape index (κ3) is 3.02. The number of benzene rings is 2. The minimum absolute atomic E-state index is 0.133. The lowest BCUT2D eigenvalue weighted by Crippen LogP contribution is -2.46. The average molecular weight is 325 g/mol. The van der Waals surface area contributed by atoms with Gasteiger partial charge in [-0.2, -0.15) is 0 Å². The molecule has 2 aromatic carbocycles. The van der Waals surface area contributed by atoms with Crippen LogP contribution in [0.15, 0.2) is 42.5 Å². The van der Waals surface area contributed by atoms with Crippen LogP contribution >= 0.6 is 0 Å². The van der Waals surface area contributed by atoms with E-state index in [4.69, 9.17) is 9.47 Å². The maximum absolute atomic E-state index is 12.7. The van der Waals surface area contributed by atoms with Crippen LogP contribution in [0.4, 0.5) is 0 Å². The molecule has 0 aromatic heterocycles. The molecule has 126 valence electrons. The maximum atomic E-state index is 12.7. The lowest BCUT2D eigenvalue weighted by atomic mass is 9.79. The molecule has 0 spiro atoms. The predicted molar refractivity (Wildman–Crippen MR) is 94.0 cm³/mol. The second kappa shape index (κ2) is 6.65. The van der Waals surface area contributed by atoms with Crippen molar-refractivity contribution in [2.45, 2.75) is 25.3 Å². The summed E-state index contributed by atoms with van der Waals surface area (Å²) in [5.41, 5.74) is 2.64. The number of fused-ring (bicyclic) bond motifs is 1. The number of nitrogens with one attached hydrogen (secondary N) is 1. The number of ether oxygens (including phenoxy) is 2. The summed E-state index contributed by atoms with van der Waals surface area (Å²) in [5.74, 6) is 1.56. The molecule has 0 aliphatic carbocycles. The van der Waals surface area contributed by atoms with Crippen LogP contribution in [0.1, 0.15) is 34.8 Å². The van der Waals surface area contributed by atoms with Gasteiger partial charge in [-0.05, 0) is 36.6 Å². The van der Waals surface area contributed by atoms with Crippen molar-refractivity contribution >= 4 is 5.78 Å². The standard InChI is InChI=1S/C20H23NO3/c1-20(13-17(22)14-7-5-4-6-8-14)16-12-19(24-3)18(23-2)11-15(16)9-10-21-20/h4-8,11-12,21H,9-10,13H2,1-3H3. The van der Waals surface area contributed by atoms with Crippen molar-refractivity contribution in [1.82, 2.24) is 5.32 Å². The monoisotopic (exact) mass is 325 g/mol. The van der Waals surface area contributed by atoms with E-state index in [-0.39, 0.29) is 5.78 Å². The Labute approximate surface area is 142 Å². The van der Waals surface area contributed by atoms with Crippen LogP contribution in [0.5, 0.6) is 11.5 Å². The number of hydrogen-bond acceptors (Lipinski definition) is 4. The van der Waals surface area contributed by atoms with Gasteiger partial charge in [0.2, 0.25) is 0 Å². The molecule has 24 heavy (non-hydrogen) atoms. The third-order valence-corrected chi connectivity index (χ3v) is 4.72. The van der Waals surface area contributed by atoms with Gasteiger partial charge in [0.05, 0.1) is 14.2 Å². The van der Waals surface area contributed by atoms with E-state index in [1.165, 1.54) is 5.56 Å². The quantitative estimate of drug-likeness (QED) is 0.857. The zero-order valence-corrected chi connectivity index (χ0v) is 14.4. The first-order valence-electron chi connectivity index (χ1n) is 8.16. The normalized spacial score (nSPS) is 19.5. The van der Waals surface area contributed by atoms with Gasteiger partial charge in [0.25, 0.3) is 0 Å². The fraction of sp³-hybridized carbons (Fsp3) is 0.350. The Kier molecular flexibility index (Phi) is 4.58. The molecule has 0 amide bonds. The van der Waals surface area contributed by atoms with Crippen LogP contribution in [0.25, 0.3) is 0 Å². The maximum Gasteiger partial charge on any atom is 0.165 e. The molecule has 1 atom stereocenters. The van der Waals surface area contributed by atoms with E-state index in [9.17, 15) is 4.79 Å². The van der Waals surface area contributed by atoms with E-state index in [0.717, 1.165) is 29.8 Å². The van der Waals surface area contributed by atoms with E-state index in [0.29, 0.717) is 12.2 Å². The second-order valence-electron chi connectivity index (χ2n) is 6.34. The van der Waals surface area contributed by atoms with Crippen LogP contribution in [0.3, 0.4) is 0 Å². The van der Waals surface area contributed by atoms with Gasteiger partial charge in [0.15, 0.2) is 17.3 Å². The van der Waals surface area contributed by atoms with Gasteiger partial charge in [-0.3, -0.25) is 4.79 Å². The van der Waals surface area contributed by atoms with E-state index in [1.807, 2.05) is 42.5 Å². The Hall–Kier alpha value is -2.33. The average Bonchev–Trinajstić information content (AvgIpc) is 2.61. The number of carbonyl (C=O) groups is 1. The fourth-order valence-electron chi connectivity index (χ4n) is 3.41. The fourth-order valence-corrected chi connectivity index (χ4v) is 3.41. The molecule has 1 aliphatic rings. The molecule has 0 radical (unpaired) electrons. The molecule has 4 nitrogen and oxygen atoms in total. The summed E-state index contributed by atoms with van der Waals surface area (Å²) < 4.78 is 10.9. The van der Waals surface area contributed by atoms with Crippen LogP contribution in [-0.2, 0) is 12.0 Å². The zero-order chi connectivity index (χ0) is 17.2. The SMILES string of the molecule is COc1cc2c(cc1OC)C(C)(CC(=O)c1ccccc1)NCC2. The van der Waals surface area contributed by atoms with Crippen molar-refractivity contribution in [3.63, 3.8) is 0 Å². The van der Waals surface area contributed by atoms with Gasteiger partial charge < -0.3 is 14.8 Å². The van der Waals surface area contributed by atoms with Gasteiger partial charge in [-0.15, -0.1) is 0 Å². The topological polar surface area (TPSA) is 47.6 Å². The third-order valence-electron chi connectivity index (χ3n) is 4.72. The van der Waals surface area contributed by atoms with E-state index in [2.05, 4.69) is 12.2 Å². The Morgan fingerprint density at radius 1 is 1.12 bits per heavy atom. The molecule has 1 aliphatic heterocycles. The Bertz CT molecular complexity index is 742. The van der Waals surface area contributed by atoms with Gasteiger partial charge in [0.1, 0.15) is 0 Å². The number of ketones is 1. The molecular weight excluding hydrogens is 302 g/mol. The molecule has 1 N–H and O–H groups in total. The highest BCUT2D eigenvalue weighted by atomic mass is 16.5. The van der Waals surface area contributed by atoms with Gasteiger partial charge in [-0.25, -0.2) is 0 Å². The largest absolute Gasteiger partial charge is 0.493 e. The molecule has 1 unspecified atom stereocenters. The first-order valence-corrected chi connectivity index (χ1v) is 8.16. The zero-order valence-electron chi connectivity index (χ0n) is 14.4. The van der Waals surface area contributed by atoms with Crippen molar-refractivity contribution < 1.29 is 14.3 Å². The number of carbonyl (C=O) groups excluding carboxylic acids is 1. The van der Waals surface area contributed by atoms with E-state index in [1.54, 1.807) is 14.2 Å². The van der Waals surface area contributed by atoms with Gasteiger partial charge in [0, 0.05) is 24.1 Å². The second-order valence-corrected chi connectivity index (χ2v) is 6.34. The molecule has 3 rings (SSSR count). The van der Waals surface area contributed by atoms with Crippen molar-refractivity contribution in [2.75, 3.05) is 20.8 Å². The molecular formula is C20H23NO3. The highest BCUT2D eigenvalue weighted by Crippen LogP contribution is 2.39. The summed E-state index contributed by atoms with van der Waals surface area (Å²) in [6.07, 6.45) is 1.31. The molecule has 0 bridgehead atoms. The van der Waals surface area contributed by atoms with Crippen LogP contribution in [0, 0.1) is 0 Å². The molecule has 4 heteroatoms. The molecule has 0 saturated carbocycles.